The van der Waals surface area contributed by atoms with E-state index in [0.717, 1.165) is 28.0 Å². The number of nitrogens with two attached hydrogens (primary N) is 1. The van der Waals surface area contributed by atoms with Crippen molar-refractivity contribution in [2.45, 2.75) is 12.5 Å². The van der Waals surface area contributed by atoms with E-state index in [0.29, 0.717) is 11.4 Å². The number of hydrogen-bond donors (Lipinski definition) is 1. The van der Waals surface area contributed by atoms with Crippen molar-refractivity contribution in [1.82, 2.24) is 0 Å². The fraction of sp³-hybridized carbons (Fsp3) is 0.167. The molecule has 1 heterocycles. The molecule has 112 valence electrons. The molecular formula is C18H17ClN2O. The lowest BCUT2D eigenvalue weighted by Crippen LogP contribution is -2.47. The number of halogens is 1. The van der Waals surface area contributed by atoms with E-state index in [4.69, 9.17) is 17.3 Å². The van der Waals surface area contributed by atoms with E-state index >= 15 is 0 Å². The molecule has 3 nitrogen and oxygen atoms in total. The number of nitrogens with zero attached hydrogens (tertiary/aromatic N) is 1. The number of hydrogen-bond acceptors (Lipinski definition) is 2. The molecule has 3 rings (SSSR count). The zero-order chi connectivity index (χ0) is 15.9. The minimum absolute atomic E-state index is 0.0769. The fourth-order valence-electron chi connectivity index (χ4n) is 2.93. The molecule has 0 aliphatic carbocycles. The van der Waals surface area contributed by atoms with Crippen molar-refractivity contribution >= 4 is 28.8 Å². The maximum absolute atomic E-state index is 12.2. The zero-order valence-electron chi connectivity index (χ0n) is 12.3. The van der Waals surface area contributed by atoms with Crippen molar-refractivity contribution < 1.29 is 4.79 Å². The highest BCUT2D eigenvalue weighted by molar-refractivity contribution is 6.32. The van der Waals surface area contributed by atoms with Gasteiger partial charge in [0.15, 0.2) is 0 Å². The van der Waals surface area contributed by atoms with Gasteiger partial charge >= 0.3 is 0 Å². The van der Waals surface area contributed by atoms with Crippen LogP contribution in [-0.2, 0) is 11.2 Å². The Hall–Kier alpha value is -2.10. The van der Waals surface area contributed by atoms with Crippen LogP contribution in [0.1, 0.15) is 16.7 Å². The van der Waals surface area contributed by atoms with Gasteiger partial charge < -0.3 is 10.6 Å². The summed E-state index contributed by atoms with van der Waals surface area (Å²) in [7, 11) is 1.75. The van der Waals surface area contributed by atoms with Crippen molar-refractivity contribution in [2.24, 2.45) is 5.73 Å². The highest BCUT2D eigenvalue weighted by Gasteiger charge is 2.30. The van der Waals surface area contributed by atoms with Crippen LogP contribution in [0.5, 0.6) is 0 Å². The number of fused-ring (bicyclic) bond motifs is 1. The summed E-state index contributed by atoms with van der Waals surface area (Å²) in [5, 5.41) is 0.645. The molecule has 4 heteroatoms. The Bertz CT molecular complexity index is 769. The maximum Gasteiger partial charge on any atom is 0.244 e. The minimum Gasteiger partial charge on any atom is -0.320 e. The zero-order valence-corrected chi connectivity index (χ0v) is 13.1. The molecule has 0 fully saturated rings. The van der Waals surface area contributed by atoms with Gasteiger partial charge in [-0.1, -0.05) is 54.6 Å². The molecule has 0 bridgehead atoms. The molecule has 0 unspecified atom stereocenters. The van der Waals surface area contributed by atoms with Gasteiger partial charge in [-0.2, -0.15) is 0 Å². The lowest BCUT2D eigenvalue weighted by molar-refractivity contribution is -0.119. The fourth-order valence-corrected chi connectivity index (χ4v) is 3.18. The standard InChI is InChI=1S/C18H17ClN2O/c1-11(13-7-3-4-9-15(13)19)14-8-5-6-12-10-16(20)18(22)21(2)17(12)14/h3-9,16H,1,10,20H2,2H3/t16-/m1/s1. The SMILES string of the molecule is C=C(c1ccccc1Cl)c1cccc2c1N(C)C(=O)[C@H](N)C2. The van der Waals surface area contributed by atoms with Gasteiger partial charge in [0.2, 0.25) is 5.91 Å². The summed E-state index contributed by atoms with van der Waals surface area (Å²) in [6.07, 6.45) is 0.544. The van der Waals surface area contributed by atoms with Crippen molar-refractivity contribution in [1.29, 1.82) is 0 Å². The van der Waals surface area contributed by atoms with E-state index in [1.165, 1.54) is 0 Å². The van der Waals surface area contributed by atoms with Gasteiger partial charge in [0.25, 0.3) is 0 Å². The summed E-state index contributed by atoms with van der Waals surface area (Å²) in [5.74, 6) is -0.0769. The summed E-state index contributed by atoms with van der Waals surface area (Å²) >= 11 is 6.28. The van der Waals surface area contributed by atoms with Crippen LogP contribution in [0.3, 0.4) is 0 Å². The van der Waals surface area contributed by atoms with Crippen LogP contribution in [0.15, 0.2) is 49.0 Å². The summed E-state index contributed by atoms with van der Waals surface area (Å²) < 4.78 is 0. The second kappa shape index (κ2) is 5.59. The normalized spacial score (nSPS) is 17.3. The number of carbonyl (C=O) groups excluding carboxylic acids is 1. The molecule has 22 heavy (non-hydrogen) atoms. The first kappa shape index (κ1) is 14.8. The third kappa shape index (κ3) is 2.32. The van der Waals surface area contributed by atoms with Crippen LogP contribution in [0.4, 0.5) is 5.69 Å². The number of para-hydroxylation sites is 1. The minimum atomic E-state index is -0.485. The number of anilines is 1. The molecule has 0 radical (unpaired) electrons. The van der Waals surface area contributed by atoms with Crippen molar-refractivity contribution in [2.75, 3.05) is 11.9 Å². The second-order valence-electron chi connectivity index (χ2n) is 5.48. The molecule has 1 amide bonds. The first-order valence-electron chi connectivity index (χ1n) is 7.10. The lowest BCUT2D eigenvalue weighted by Gasteiger charge is -2.32. The predicted octanol–water partition coefficient (Wildman–Crippen LogP) is 3.25. The average molecular weight is 313 g/mol. The van der Waals surface area contributed by atoms with Gasteiger partial charge in [-0.25, -0.2) is 0 Å². The lowest BCUT2D eigenvalue weighted by atomic mass is 9.90. The number of carbonyl (C=O) groups is 1. The maximum atomic E-state index is 12.2. The van der Waals surface area contributed by atoms with E-state index in [1.807, 2.05) is 42.5 Å². The topological polar surface area (TPSA) is 46.3 Å². The average Bonchev–Trinajstić information content (AvgIpc) is 2.52. The van der Waals surface area contributed by atoms with E-state index in [-0.39, 0.29) is 5.91 Å². The quantitative estimate of drug-likeness (QED) is 0.925. The summed E-state index contributed by atoms with van der Waals surface area (Å²) in [6, 6.07) is 13.0. The van der Waals surface area contributed by atoms with Gasteiger partial charge in [-0.15, -0.1) is 0 Å². The molecule has 0 saturated carbocycles. The monoisotopic (exact) mass is 312 g/mol. The van der Waals surface area contributed by atoms with Gasteiger partial charge in [0.05, 0.1) is 11.7 Å². The Balaban J connectivity index is 2.14. The van der Waals surface area contributed by atoms with Crippen LogP contribution in [0, 0.1) is 0 Å². The highest BCUT2D eigenvalue weighted by atomic mass is 35.5. The van der Waals surface area contributed by atoms with Gasteiger partial charge in [-0.05, 0) is 23.6 Å². The summed E-state index contributed by atoms with van der Waals surface area (Å²) in [4.78, 5) is 13.8. The molecule has 1 aliphatic heterocycles. The first-order chi connectivity index (χ1) is 10.5. The summed E-state index contributed by atoms with van der Waals surface area (Å²) in [5.41, 5.74) is 10.4. The molecular weight excluding hydrogens is 296 g/mol. The largest absolute Gasteiger partial charge is 0.320 e. The van der Waals surface area contributed by atoms with Crippen molar-refractivity contribution in [3.8, 4) is 0 Å². The van der Waals surface area contributed by atoms with Crippen molar-refractivity contribution in [3.05, 3.63) is 70.8 Å². The number of benzene rings is 2. The van der Waals surface area contributed by atoms with Gasteiger partial charge in [0, 0.05) is 23.2 Å². The second-order valence-corrected chi connectivity index (χ2v) is 5.89. The van der Waals surface area contributed by atoms with Crippen LogP contribution in [0.25, 0.3) is 5.57 Å². The van der Waals surface area contributed by atoms with E-state index in [2.05, 4.69) is 6.58 Å². The third-order valence-electron chi connectivity index (χ3n) is 4.07. The molecule has 1 atom stereocenters. The Morgan fingerprint density at radius 1 is 1.23 bits per heavy atom. The number of likely N-dealkylation sites (N-methyl/N-ethyl adjacent to an activating group) is 1. The highest BCUT2D eigenvalue weighted by Crippen LogP contribution is 2.37. The Morgan fingerprint density at radius 3 is 2.64 bits per heavy atom. The third-order valence-corrected chi connectivity index (χ3v) is 4.40. The molecule has 0 saturated heterocycles. The Morgan fingerprint density at radius 2 is 1.91 bits per heavy atom. The van der Waals surface area contributed by atoms with Crippen LogP contribution in [-0.4, -0.2) is 19.0 Å². The van der Waals surface area contributed by atoms with E-state index in [9.17, 15) is 4.79 Å². The van der Waals surface area contributed by atoms with Gasteiger partial charge in [-0.3, -0.25) is 4.79 Å². The van der Waals surface area contributed by atoms with E-state index in [1.54, 1.807) is 11.9 Å². The Labute approximate surface area is 135 Å². The number of amides is 1. The predicted molar refractivity (Wildman–Crippen MR) is 91.1 cm³/mol. The summed E-state index contributed by atoms with van der Waals surface area (Å²) in [6.45, 7) is 4.19. The van der Waals surface area contributed by atoms with E-state index < -0.39 is 6.04 Å². The molecule has 2 aromatic carbocycles. The van der Waals surface area contributed by atoms with Crippen LogP contribution >= 0.6 is 11.6 Å². The molecule has 0 spiro atoms. The molecule has 0 aromatic heterocycles. The number of rotatable bonds is 2. The van der Waals surface area contributed by atoms with Crippen LogP contribution in [0.2, 0.25) is 5.02 Å². The smallest absolute Gasteiger partial charge is 0.244 e. The van der Waals surface area contributed by atoms with Crippen molar-refractivity contribution in [3.63, 3.8) is 0 Å². The van der Waals surface area contributed by atoms with Crippen LogP contribution < -0.4 is 10.6 Å². The molecule has 1 aliphatic rings. The first-order valence-corrected chi connectivity index (χ1v) is 7.47. The molecule has 2 N–H and O–H groups in total. The molecule has 2 aromatic rings. The van der Waals surface area contributed by atoms with Gasteiger partial charge in [0.1, 0.15) is 0 Å². The Kier molecular flexibility index (Phi) is 3.77.